The van der Waals surface area contributed by atoms with Crippen LogP contribution >= 0.6 is 15.9 Å². The van der Waals surface area contributed by atoms with Crippen molar-refractivity contribution in [3.05, 3.63) is 28.2 Å². The van der Waals surface area contributed by atoms with Gasteiger partial charge in [-0.25, -0.2) is 0 Å². The first-order chi connectivity index (χ1) is 9.29. The Labute approximate surface area is 130 Å². The van der Waals surface area contributed by atoms with Crippen molar-refractivity contribution >= 4 is 27.5 Å². The van der Waals surface area contributed by atoms with Crippen LogP contribution in [0.2, 0.25) is 0 Å². The van der Waals surface area contributed by atoms with Crippen LogP contribution in [-0.2, 0) is 4.79 Å². The van der Waals surface area contributed by atoms with Crippen molar-refractivity contribution in [1.29, 1.82) is 0 Å². The summed E-state index contributed by atoms with van der Waals surface area (Å²) < 4.78 is 0.922. The molecule has 4 heteroatoms. The number of hydrogen-bond donors (Lipinski definition) is 1. The van der Waals surface area contributed by atoms with Gasteiger partial charge in [-0.2, -0.15) is 0 Å². The summed E-state index contributed by atoms with van der Waals surface area (Å²) >= 11 is 3.48. The number of nitrogens with zero attached hydrogens (tertiary/aromatic N) is 1. The van der Waals surface area contributed by atoms with Gasteiger partial charge in [-0.1, -0.05) is 19.9 Å². The third kappa shape index (κ3) is 5.63. The third-order valence-corrected chi connectivity index (χ3v) is 3.73. The standard InChI is InChI=1S/C16H25BrN2O/c1-11(2)9-19(12(3)4)10-16(20)18-15-7-6-13(5)8-14(15)17/h6-8,11-12H,9-10H2,1-5H3,(H,18,20). The number of halogens is 1. The van der Waals surface area contributed by atoms with E-state index in [2.05, 4.69) is 53.8 Å². The van der Waals surface area contributed by atoms with Crippen molar-refractivity contribution in [1.82, 2.24) is 4.90 Å². The van der Waals surface area contributed by atoms with Gasteiger partial charge in [-0.15, -0.1) is 0 Å². The molecule has 0 unspecified atom stereocenters. The number of hydrogen-bond acceptors (Lipinski definition) is 2. The Kier molecular flexibility index (Phi) is 6.69. The quantitative estimate of drug-likeness (QED) is 0.846. The molecule has 0 aliphatic heterocycles. The average molecular weight is 341 g/mol. The first-order valence-electron chi connectivity index (χ1n) is 7.09. The monoisotopic (exact) mass is 340 g/mol. The van der Waals surface area contributed by atoms with E-state index >= 15 is 0 Å². The fourth-order valence-corrected chi connectivity index (χ4v) is 2.62. The van der Waals surface area contributed by atoms with Crippen LogP contribution in [0.3, 0.4) is 0 Å². The van der Waals surface area contributed by atoms with Crippen molar-refractivity contribution < 1.29 is 4.79 Å². The zero-order chi connectivity index (χ0) is 15.3. The lowest BCUT2D eigenvalue weighted by atomic mass is 10.2. The summed E-state index contributed by atoms with van der Waals surface area (Å²) in [5, 5.41) is 2.97. The van der Waals surface area contributed by atoms with E-state index < -0.39 is 0 Å². The molecule has 0 aliphatic rings. The van der Waals surface area contributed by atoms with Gasteiger partial charge >= 0.3 is 0 Å². The Morgan fingerprint density at radius 2 is 1.95 bits per heavy atom. The average Bonchev–Trinajstić information content (AvgIpc) is 2.31. The minimum atomic E-state index is 0.0314. The van der Waals surface area contributed by atoms with Crippen molar-refractivity contribution in [3.8, 4) is 0 Å². The van der Waals surface area contributed by atoms with E-state index in [-0.39, 0.29) is 5.91 Å². The Bertz CT molecular complexity index is 458. The summed E-state index contributed by atoms with van der Waals surface area (Å²) in [6, 6.07) is 6.29. The zero-order valence-corrected chi connectivity index (χ0v) is 14.6. The SMILES string of the molecule is Cc1ccc(NC(=O)CN(CC(C)C)C(C)C)c(Br)c1. The summed E-state index contributed by atoms with van der Waals surface area (Å²) in [5.41, 5.74) is 1.99. The molecule has 1 N–H and O–H groups in total. The minimum absolute atomic E-state index is 0.0314. The summed E-state index contributed by atoms with van der Waals surface area (Å²) in [4.78, 5) is 14.4. The van der Waals surface area contributed by atoms with E-state index in [0.717, 1.165) is 16.7 Å². The molecular formula is C16H25BrN2O. The first-order valence-corrected chi connectivity index (χ1v) is 7.89. The second kappa shape index (κ2) is 7.79. The number of benzene rings is 1. The molecule has 20 heavy (non-hydrogen) atoms. The molecule has 0 fully saturated rings. The number of nitrogens with one attached hydrogen (secondary N) is 1. The van der Waals surface area contributed by atoms with Crippen LogP contribution in [0, 0.1) is 12.8 Å². The Morgan fingerprint density at radius 1 is 1.30 bits per heavy atom. The van der Waals surface area contributed by atoms with Crippen LogP contribution in [0.15, 0.2) is 22.7 Å². The molecule has 0 saturated carbocycles. The molecule has 112 valence electrons. The summed E-state index contributed by atoms with van der Waals surface area (Å²) in [6.45, 7) is 12.0. The molecular weight excluding hydrogens is 316 g/mol. The zero-order valence-electron chi connectivity index (χ0n) is 13.0. The Balaban J connectivity index is 2.65. The number of carbonyl (C=O) groups is 1. The molecule has 0 spiro atoms. The fourth-order valence-electron chi connectivity index (χ4n) is 2.02. The van der Waals surface area contributed by atoms with Crippen LogP contribution in [0.5, 0.6) is 0 Å². The largest absolute Gasteiger partial charge is 0.324 e. The van der Waals surface area contributed by atoms with Crippen LogP contribution in [-0.4, -0.2) is 29.9 Å². The van der Waals surface area contributed by atoms with Crippen molar-refractivity contribution in [2.24, 2.45) is 5.92 Å². The molecule has 0 heterocycles. The maximum atomic E-state index is 12.2. The highest BCUT2D eigenvalue weighted by Crippen LogP contribution is 2.23. The summed E-state index contributed by atoms with van der Waals surface area (Å²) in [7, 11) is 0. The molecule has 1 aromatic carbocycles. The molecule has 0 aliphatic carbocycles. The molecule has 0 aromatic heterocycles. The van der Waals surface area contributed by atoms with Gasteiger partial charge in [0, 0.05) is 17.1 Å². The van der Waals surface area contributed by atoms with Crippen LogP contribution in [0.1, 0.15) is 33.3 Å². The van der Waals surface area contributed by atoms with Gasteiger partial charge in [-0.3, -0.25) is 9.69 Å². The lowest BCUT2D eigenvalue weighted by Gasteiger charge is -2.27. The topological polar surface area (TPSA) is 32.3 Å². The van der Waals surface area contributed by atoms with E-state index in [9.17, 15) is 4.79 Å². The maximum absolute atomic E-state index is 12.2. The van der Waals surface area contributed by atoms with Gasteiger partial charge in [0.2, 0.25) is 5.91 Å². The highest BCUT2D eigenvalue weighted by molar-refractivity contribution is 9.10. The Morgan fingerprint density at radius 3 is 2.45 bits per heavy atom. The highest BCUT2D eigenvalue weighted by Gasteiger charge is 2.15. The predicted molar refractivity (Wildman–Crippen MR) is 89.1 cm³/mol. The minimum Gasteiger partial charge on any atom is -0.324 e. The van der Waals surface area contributed by atoms with E-state index in [0.29, 0.717) is 18.5 Å². The predicted octanol–water partition coefficient (Wildman–Crippen LogP) is 4.06. The second-order valence-electron chi connectivity index (χ2n) is 5.95. The normalized spacial score (nSPS) is 11.4. The van der Waals surface area contributed by atoms with Gasteiger partial charge in [0.25, 0.3) is 0 Å². The van der Waals surface area contributed by atoms with Gasteiger partial charge in [0.1, 0.15) is 0 Å². The fraction of sp³-hybridized carbons (Fsp3) is 0.562. The number of rotatable bonds is 6. The van der Waals surface area contributed by atoms with Crippen LogP contribution in [0.25, 0.3) is 0 Å². The number of aryl methyl sites for hydroxylation is 1. The van der Waals surface area contributed by atoms with Gasteiger partial charge in [-0.05, 0) is 60.3 Å². The molecule has 1 aromatic rings. The summed E-state index contributed by atoms with van der Waals surface area (Å²) in [5.74, 6) is 0.584. The lowest BCUT2D eigenvalue weighted by molar-refractivity contribution is -0.117. The number of carbonyl (C=O) groups excluding carboxylic acids is 1. The second-order valence-corrected chi connectivity index (χ2v) is 6.80. The summed E-state index contributed by atoms with van der Waals surface area (Å²) in [6.07, 6.45) is 0. The smallest absolute Gasteiger partial charge is 0.238 e. The van der Waals surface area contributed by atoms with Crippen LogP contribution in [0.4, 0.5) is 5.69 Å². The highest BCUT2D eigenvalue weighted by atomic mass is 79.9. The molecule has 0 bridgehead atoms. The number of amides is 1. The van der Waals surface area contributed by atoms with E-state index in [1.54, 1.807) is 0 Å². The van der Waals surface area contributed by atoms with Crippen molar-refractivity contribution in [2.45, 2.75) is 40.7 Å². The van der Waals surface area contributed by atoms with Crippen LogP contribution < -0.4 is 5.32 Å². The van der Waals surface area contributed by atoms with Gasteiger partial charge in [0.15, 0.2) is 0 Å². The molecule has 0 radical (unpaired) electrons. The first kappa shape index (κ1) is 17.2. The lowest BCUT2D eigenvalue weighted by Crippen LogP contribution is -2.40. The van der Waals surface area contributed by atoms with E-state index in [1.807, 2.05) is 25.1 Å². The van der Waals surface area contributed by atoms with Crippen molar-refractivity contribution in [2.75, 3.05) is 18.4 Å². The third-order valence-electron chi connectivity index (χ3n) is 3.08. The van der Waals surface area contributed by atoms with Crippen molar-refractivity contribution in [3.63, 3.8) is 0 Å². The molecule has 1 amide bonds. The van der Waals surface area contributed by atoms with E-state index in [4.69, 9.17) is 0 Å². The molecule has 3 nitrogen and oxygen atoms in total. The van der Waals surface area contributed by atoms with Gasteiger partial charge < -0.3 is 5.32 Å². The molecule has 1 rings (SSSR count). The maximum Gasteiger partial charge on any atom is 0.238 e. The Hall–Kier alpha value is -0.870. The number of anilines is 1. The van der Waals surface area contributed by atoms with Gasteiger partial charge in [0.05, 0.1) is 12.2 Å². The molecule has 0 atom stereocenters. The molecule has 0 saturated heterocycles. The van der Waals surface area contributed by atoms with E-state index in [1.165, 1.54) is 5.56 Å².